The first-order chi connectivity index (χ1) is 8.81. The fourth-order valence-corrected chi connectivity index (χ4v) is 3.91. The summed E-state index contributed by atoms with van der Waals surface area (Å²) >= 11 is 1.70. The predicted octanol–water partition coefficient (Wildman–Crippen LogP) is 4.31. The minimum atomic E-state index is -0.244. The van der Waals surface area contributed by atoms with Crippen molar-refractivity contribution in [3.8, 4) is 0 Å². The number of hydrogen-bond acceptors (Lipinski definition) is 3. The molecule has 1 aromatic heterocycles. The van der Waals surface area contributed by atoms with Gasteiger partial charge in [-0.25, -0.2) is 4.98 Å². The highest BCUT2D eigenvalue weighted by Gasteiger charge is 2.34. The summed E-state index contributed by atoms with van der Waals surface area (Å²) in [6.07, 6.45) is 6.64. The molecule has 0 bridgehead atoms. The van der Waals surface area contributed by atoms with Crippen molar-refractivity contribution >= 4 is 11.3 Å². The van der Waals surface area contributed by atoms with Crippen LogP contribution < -0.4 is 0 Å². The molecule has 0 aromatic carbocycles. The molecule has 2 nitrogen and oxygen atoms in total. The fraction of sp³-hybridized carbons (Fsp3) is 0.812. The van der Waals surface area contributed by atoms with Gasteiger partial charge in [0.1, 0.15) is 0 Å². The Morgan fingerprint density at radius 2 is 1.95 bits per heavy atom. The minimum Gasteiger partial charge on any atom is -0.392 e. The molecule has 0 amide bonds. The maximum Gasteiger partial charge on any atom is 0.0954 e. The highest BCUT2D eigenvalue weighted by molar-refractivity contribution is 7.09. The van der Waals surface area contributed by atoms with Crippen LogP contribution in [-0.2, 0) is 11.8 Å². The van der Waals surface area contributed by atoms with E-state index in [0.717, 1.165) is 30.0 Å². The first-order valence-corrected chi connectivity index (χ1v) is 8.32. The highest BCUT2D eigenvalue weighted by Crippen LogP contribution is 2.40. The summed E-state index contributed by atoms with van der Waals surface area (Å²) in [5, 5.41) is 13.8. The maximum absolute atomic E-state index is 10.6. The van der Waals surface area contributed by atoms with Gasteiger partial charge in [-0.05, 0) is 18.3 Å². The van der Waals surface area contributed by atoms with E-state index in [2.05, 4.69) is 33.1 Å². The Bertz CT molecular complexity index is 413. The monoisotopic (exact) mass is 281 g/mol. The SMILES string of the molecule is CC(C)(C)c1csc(CC(O)C2(C)CCCCC2)n1. The molecule has 19 heavy (non-hydrogen) atoms. The average Bonchev–Trinajstić information content (AvgIpc) is 2.78. The van der Waals surface area contributed by atoms with E-state index in [9.17, 15) is 5.11 Å². The molecule has 0 spiro atoms. The van der Waals surface area contributed by atoms with E-state index in [0.29, 0.717) is 0 Å². The Labute approximate surface area is 121 Å². The highest BCUT2D eigenvalue weighted by atomic mass is 32.1. The van der Waals surface area contributed by atoms with Crippen LogP contribution in [0.3, 0.4) is 0 Å². The van der Waals surface area contributed by atoms with Crippen molar-refractivity contribution in [3.05, 3.63) is 16.1 Å². The van der Waals surface area contributed by atoms with Gasteiger partial charge in [-0.3, -0.25) is 0 Å². The Hall–Kier alpha value is -0.410. The van der Waals surface area contributed by atoms with E-state index in [1.807, 2.05) is 0 Å². The Morgan fingerprint density at radius 3 is 2.47 bits per heavy atom. The number of hydrogen-bond donors (Lipinski definition) is 1. The number of aliphatic hydroxyl groups excluding tert-OH is 1. The van der Waals surface area contributed by atoms with Crippen LogP contribution in [0.5, 0.6) is 0 Å². The molecule has 2 rings (SSSR count). The molecule has 1 aromatic rings. The van der Waals surface area contributed by atoms with Crippen molar-refractivity contribution in [1.29, 1.82) is 0 Å². The average molecular weight is 281 g/mol. The van der Waals surface area contributed by atoms with Gasteiger partial charge in [0.25, 0.3) is 0 Å². The Kier molecular flexibility index (Phi) is 4.36. The molecule has 1 heterocycles. The lowest BCUT2D eigenvalue weighted by atomic mass is 9.71. The third kappa shape index (κ3) is 3.57. The topological polar surface area (TPSA) is 33.1 Å². The van der Waals surface area contributed by atoms with Crippen molar-refractivity contribution in [1.82, 2.24) is 4.98 Å². The maximum atomic E-state index is 10.6. The van der Waals surface area contributed by atoms with E-state index in [1.54, 1.807) is 11.3 Å². The molecule has 1 unspecified atom stereocenters. The third-order valence-corrected chi connectivity index (χ3v) is 5.36. The van der Waals surface area contributed by atoms with Crippen LogP contribution in [0.1, 0.15) is 70.5 Å². The molecule has 108 valence electrons. The van der Waals surface area contributed by atoms with Gasteiger partial charge in [0.05, 0.1) is 16.8 Å². The summed E-state index contributed by atoms with van der Waals surface area (Å²) in [6, 6.07) is 0. The lowest BCUT2D eigenvalue weighted by Gasteiger charge is -2.37. The van der Waals surface area contributed by atoms with Gasteiger partial charge in [0, 0.05) is 17.2 Å². The molecule has 0 radical (unpaired) electrons. The Morgan fingerprint density at radius 1 is 1.32 bits per heavy atom. The van der Waals surface area contributed by atoms with Crippen LogP contribution in [0.15, 0.2) is 5.38 Å². The van der Waals surface area contributed by atoms with E-state index < -0.39 is 0 Å². The molecule has 1 N–H and O–H groups in total. The lowest BCUT2D eigenvalue weighted by Crippen LogP contribution is -2.35. The van der Waals surface area contributed by atoms with Crippen LogP contribution in [0.25, 0.3) is 0 Å². The first kappa shape index (κ1) is 15.0. The second-order valence-corrected chi connectivity index (χ2v) is 8.25. The van der Waals surface area contributed by atoms with Gasteiger partial charge >= 0.3 is 0 Å². The van der Waals surface area contributed by atoms with Gasteiger partial charge in [-0.15, -0.1) is 11.3 Å². The molecule has 1 aliphatic rings. The molecular formula is C16H27NOS. The number of nitrogens with zero attached hydrogens (tertiary/aromatic N) is 1. The summed E-state index contributed by atoms with van der Waals surface area (Å²) in [4.78, 5) is 4.71. The summed E-state index contributed by atoms with van der Waals surface area (Å²) < 4.78 is 0. The van der Waals surface area contributed by atoms with E-state index in [4.69, 9.17) is 4.98 Å². The van der Waals surface area contributed by atoms with Crippen LogP contribution in [0, 0.1) is 5.41 Å². The first-order valence-electron chi connectivity index (χ1n) is 7.44. The van der Waals surface area contributed by atoms with Crippen LogP contribution in [0.4, 0.5) is 0 Å². The van der Waals surface area contributed by atoms with Crippen molar-refractivity contribution in [2.24, 2.45) is 5.41 Å². The number of rotatable bonds is 3. The van der Waals surface area contributed by atoms with E-state index in [-0.39, 0.29) is 16.9 Å². The third-order valence-electron chi connectivity index (χ3n) is 4.49. The molecule has 1 fully saturated rings. The molecule has 1 aliphatic carbocycles. The van der Waals surface area contributed by atoms with Crippen molar-refractivity contribution in [2.45, 2.75) is 77.7 Å². The van der Waals surface area contributed by atoms with Gasteiger partial charge in [-0.1, -0.05) is 47.0 Å². The van der Waals surface area contributed by atoms with Gasteiger partial charge in [0.2, 0.25) is 0 Å². The molecule has 3 heteroatoms. The largest absolute Gasteiger partial charge is 0.392 e. The second-order valence-electron chi connectivity index (χ2n) is 7.31. The molecule has 1 atom stereocenters. The lowest BCUT2D eigenvalue weighted by molar-refractivity contribution is 0.0103. The van der Waals surface area contributed by atoms with E-state index >= 15 is 0 Å². The van der Waals surface area contributed by atoms with Gasteiger partial charge in [0.15, 0.2) is 0 Å². The van der Waals surface area contributed by atoms with Crippen molar-refractivity contribution < 1.29 is 5.11 Å². The normalized spacial score (nSPS) is 21.3. The van der Waals surface area contributed by atoms with Crippen molar-refractivity contribution in [2.75, 3.05) is 0 Å². The van der Waals surface area contributed by atoms with Gasteiger partial charge < -0.3 is 5.11 Å². The standard InChI is InChI=1S/C16H27NOS/c1-15(2,3)12-11-19-14(17-12)10-13(18)16(4)8-6-5-7-9-16/h11,13,18H,5-10H2,1-4H3. The summed E-state index contributed by atoms with van der Waals surface area (Å²) in [7, 11) is 0. The van der Waals surface area contributed by atoms with Crippen LogP contribution >= 0.6 is 11.3 Å². The Balaban J connectivity index is 2.02. The summed E-state index contributed by atoms with van der Waals surface area (Å²) in [6.45, 7) is 8.80. The predicted molar refractivity (Wildman–Crippen MR) is 81.7 cm³/mol. The van der Waals surface area contributed by atoms with Crippen LogP contribution in [-0.4, -0.2) is 16.2 Å². The van der Waals surface area contributed by atoms with E-state index in [1.165, 1.54) is 19.3 Å². The smallest absolute Gasteiger partial charge is 0.0954 e. The fourth-order valence-electron chi connectivity index (χ4n) is 2.85. The zero-order chi connectivity index (χ0) is 14.1. The molecule has 1 saturated carbocycles. The number of thiazole rings is 1. The molecule has 0 saturated heterocycles. The molecular weight excluding hydrogens is 254 g/mol. The van der Waals surface area contributed by atoms with Crippen LogP contribution in [0.2, 0.25) is 0 Å². The zero-order valence-corrected chi connectivity index (χ0v) is 13.5. The zero-order valence-electron chi connectivity index (χ0n) is 12.7. The van der Waals surface area contributed by atoms with Gasteiger partial charge in [-0.2, -0.15) is 0 Å². The minimum absolute atomic E-state index is 0.103. The summed E-state index contributed by atoms with van der Waals surface area (Å²) in [5.41, 5.74) is 1.36. The second kappa shape index (κ2) is 5.53. The quantitative estimate of drug-likeness (QED) is 0.895. The molecule has 0 aliphatic heterocycles. The number of aromatic nitrogens is 1. The summed E-state index contributed by atoms with van der Waals surface area (Å²) in [5.74, 6) is 0. The number of aliphatic hydroxyl groups is 1. The van der Waals surface area contributed by atoms with Crippen molar-refractivity contribution in [3.63, 3.8) is 0 Å².